The summed E-state index contributed by atoms with van der Waals surface area (Å²) in [5.41, 5.74) is 0. The smallest absolute Gasteiger partial charge is 0.0345 e. The minimum Gasteiger partial charge on any atom is -0.0991 e. The van der Waals surface area contributed by atoms with Crippen LogP contribution >= 0.6 is 0 Å². The van der Waals surface area contributed by atoms with E-state index in [1.165, 1.54) is 70.6 Å². The van der Waals surface area contributed by atoms with Crippen molar-refractivity contribution in [1.82, 2.24) is 0 Å². The second-order valence-electron chi connectivity index (χ2n) is 5.43. The molecule has 0 N–H and O–H groups in total. The zero-order chi connectivity index (χ0) is 13.5. The number of hydrogen-bond acceptors (Lipinski definition) is 0. The third kappa shape index (κ3) is 12.0. The van der Waals surface area contributed by atoms with E-state index in [4.69, 9.17) is 0 Å². The van der Waals surface area contributed by atoms with Gasteiger partial charge in [-0.25, -0.2) is 0 Å². The molecule has 0 aliphatic carbocycles. The summed E-state index contributed by atoms with van der Waals surface area (Å²) < 4.78 is 0. The maximum atomic E-state index is 3.70. The molecule has 0 amide bonds. The van der Waals surface area contributed by atoms with Crippen molar-refractivity contribution in [1.29, 1.82) is 0 Å². The average molecular weight is 250 g/mol. The van der Waals surface area contributed by atoms with Crippen LogP contribution < -0.4 is 0 Å². The summed E-state index contributed by atoms with van der Waals surface area (Å²) in [6.07, 6.45) is 21.6. The highest BCUT2D eigenvalue weighted by Crippen LogP contribution is 2.20. The lowest BCUT2D eigenvalue weighted by atomic mass is 9.93. The standard InChI is InChI=1S/C18H34/c1-4-7-9-11-12-13-15-17-18(6-3)16-14-10-8-5-2/h5,8,10,18H,2,4,6-7,9,11-17H2,1,3H3. The highest BCUT2D eigenvalue weighted by atomic mass is 14.1. The first-order valence-corrected chi connectivity index (χ1v) is 8.12. The average Bonchev–Trinajstić information content (AvgIpc) is 2.40. The van der Waals surface area contributed by atoms with Crippen LogP contribution in [0, 0.1) is 5.92 Å². The third-order valence-corrected chi connectivity index (χ3v) is 3.81. The Hall–Kier alpha value is -0.520. The van der Waals surface area contributed by atoms with E-state index in [0.29, 0.717) is 0 Å². The maximum absolute atomic E-state index is 3.70. The van der Waals surface area contributed by atoms with Crippen molar-refractivity contribution in [2.24, 2.45) is 5.92 Å². The van der Waals surface area contributed by atoms with Gasteiger partial charge in [0, 0.05) is 0 Å². The van der Waals surface area contributed by atoms with Gasteiger partial charge in [-0.15, -0.1) is 0 Å². The van der Waals surface area contributed by atoms with Crippen LogP contribution in [-0.4, -0.2) is 0 Å². The van der Waals surface area contributed by atoms with Crippen LogP contribution in [0.15, 0.2) is 24.8 Å². The minimum atomic E-state index is 0.940. The summed E-state index contributed by atoms with van der Waals surface area (Å²) >= 11 is 0. The first-order valence-electron chi connectivity index (χ1n) is 8.12. The Kier molecular flexibility index (Phi) is 14.1. The molecule has 0 bridgehead atoms. The largest absolute Gasteiger partial charge is 0.0991 e. The van der Waals surface area contributed by atoms with E-state index < -0.39 is 0 Å². The van der Waals surface area contributed by atoms with E-state index >= 15 is 0 Å². The molecule has 0 aromatic rings. The number of rotatable bonds is 13. The van der Waals surface area contributed by atoms with Gasteiger partial charge in [-0.1, -0.05) is 96.4 Å². The van der Waals surface area contributed by atoms with E-state index in [1.807, 2.05) is 6.08 Å². The van der Waals surface area contributed by atoms with Gasteiger partial charge in [0.05, 0.1) is 0 Å². The lowest BCUT2D eigenvalue weighted by Crippen LogP contribution is -1.98. The van der Waals surface area contributed by atoms with Crippen LogP contribution in [0.2, 0.25) is 0 Å². The molecule has 0 aliphatic heterocycles. The summed E-state index contributed by atoms with van der Waals surface area (Å²) in [6, 6.07) is 0. The first kappa shape index (κ1) is 17.5. The number of hydrogen-bond donors (Lipinski definition) is 0. The van der Waals surface area contributed by atoms with Gasteiger partial charge in [0.25, 0.3) is 0 Å². The number of allylic oxidation sites excluding steroid dienone is 3. The molecule has 0 nitrogen and oxygen atoms in total. The molecule has 0 saturated heterocycles. The molecule has 0 heterocycles. The molecule has 1 atom stereocenters. The molecule has 0 heteroatoms. The van der Waals surface area contributed by atoms with Crippen molar-refractivity contribution >= 4 is 0 Å². The zero-order valence-electron chi connectivity index (χ0n) is 12.8. The summed E-state index contributed by atoms with van der Waals surface area (Å²) in [5, 5.41) is 0. The quantitative estimate of drug-likeness (QED) is 0.253. The second-order valence-corrected chi connectivity index (χ2v) is 5.43. The minimum absolute atomic E-state index is 0.940. The fourth-order valence-corrected chi connectivity index (χ4v) is 2.47. The molecule has 0 saturated carbocycles. The number of unbranched alkanes of at least 4 members (excludes halogenated alkanes) is 6. The molecule has 0 aliphatic rings. The van der Waals surface area contributed by atoms with Gasteiger partial charge >= 0.3 is 0 Å². The lowest BCUT2D eigenvalue weighted by molar-refractivity contribution is 0.414. The van der Waals surface area contributed by atoms with E-state index in [-0.39, 0.29) is 0 Å². The molecule has 0 rings (SSSR count). The molecule has 1 unspecified atom stereocenters. The molecule has 106 valence electrons. The zero-order valence-corrected chi connectivity index (χ0v) is 12.8. The van der Waals surface area contributed by atoms with E-state index in [2.05, 4.69) is 32.6 Å². The van der Waals surface area contributed by atoms with Crippen LogP contribution in [0.25, 0.3) is 0 Å². The van der Waals surface area contributed by atoms with Gasteiger partial charge < -0.3 is 0 Å². The third-order valence-electron chi connectivity index (χ3n) is 3.81. The molecular weight excluding hydrogens is 216 g/mol. The Bertz CT molecular complexity index is 190. The monoisotopic (exact) mass is 250 g/mol. The predicted octanol–water partition coefficient (Wildman–Crippen LogP) is 6.68. The van der Waals surface area contributed by atoms with Crippen molar-refractivity contribution < 1.29 is 0 Å². The van der Waals surface area contributed by atoms with Gasteiger partial charge in [-0.3, -0.25) is 0 Å². The molecule has 18 heavy (non-hydrogen) atoms. The second kappa shape index (κ2) is 14.5. The van der Waals surface area contributed by atoms with Crippen molar-refractivity contribution in [2.75, 3.05) is 0 Å². The molecule has 0 aromatic carbocycles. The van der Waals surface area contributed by atoms with Gasteiger partial charge in [-0.2, -0.15) is 0 Å². The maximum Gasteiger partial charge on any atom is -0.0345 e. The van der Waals surface area contributed by atoms with E-state index in [1.54, 1.807) is 0 Å². The Morgan fingerprint density at radius 3 is 2.17 bits per heavy atom. The summed E-state index contributed by atoms with van der Waals surface area (Å²) in [5.74, 6) is 0.940. The van der Waals surface area contributed by atoms with Crippen molar-refractivity contribution in [3.8, 4) is 0 Å². The summed E-state index contributed by atoms with van der Waals surface area (Å²) in [7, 11) is 0. The Balaban J connectivity index is 3.38. The first-order chi connectivity index (χ1) is 8.85. The SMILES string of the molecule is C=CC=CCCC(CC)CCCCCCCCC. The van der Waals surface area contributed by atoms with Gasteiger partial charge in [0.2, 0.25) is 0 Å². The molecular formula is C18H34. The van der Waals surface area contributed by atoms with Crippen LogP contribution in [0.1, 0.15) is 84.5 Å². The predicted molar refractivity (Wildman–Crippen MR) is 85.0 cm³/mol. The fourth-order valence-electron chi connectivity index (χ4n) is 2.47. The molecule has 0 spiro atoms. The lowest BCUT2D eigenvalue weighted by Gasteiger charge is -2.13. The van der Waals surface area contributed by atoms with E-state index in [0.717, 1.165) is 5.92 Å². The Morgan fingerprint density at radius 2 is 1.56 bits per heavy atom. The van der Waals surface area contributed by atoms with Crippen molar-refractivity contribution in [3.63, 3.8) is 0 Å². The molecule has 0 radical (unpaired) electrons. The van der Waals surface area contributed by atoms with Gasteiger partial charge in [-0.05, 0) is 18.8 Å². The van der Waals surface area contributed by atoms with E-state index in [9.17, 15) is 0 Å². The normalized spacial score (nSPS) is 13.0. The van der Waals surface area contributed by atoms with Crippen LogP contribution in [0.4, 0.5) is 0 Å². The topological polar surface area (TPSA) is 0 Å². The van der Waals surface area contributed by atoms with Gasteiger partial charge in [0.15, 0.2) is 0 Å². The molecule has 0 fully saturated rings. The van der Waals surface area contributed by atoms with Gasteiger partial charge in [0.1, 0.15) is 0 Å². The Labute approximate surface area is 116 Å². The van der Waals surface area contributed by atoms with Crippen LogP contribution in [0.3, 0.4) is 0 Å². The summed E-state index contributed by atoms with van der Waals surface area (Å²) in [4.78, 5) is 0. The van der Waals surface area contributed by atoms with Crippen LogP contribution in [-0.2, 0) is 0 Å². The highest BCUT2D eigenvalue weighted by Gasteiger charge is 2.04. The molecule has 0 aromatic heterocycles. The Morgan fingerprint density at radius 1 is 0.889 bits per heavy atom. The summed E-state index contributed by atoms with van der Waals surface area (Å²) in [6.45, 7) is 8.32. The van der Waals surface area contributed by atoms with Crippen molar-refractivity contribution in [3.05, 3.63) is 24.8 Å². The van der Waals surface area contributed by atoms with Crippen molar-refractivity contribution in [2.45, 2.75) is 84.5 Å². The fraction of sp³-hybridized carbons (Fsp3) is 0.778. The van der Waals surface area contributed by atoms with Crippen LogP contribution in [0.5, 0.6) is 0 Å². The highest BCUT2D eigenvalue weighted by molar-refractivity contribution is 4.96.